The highest BCUT2D eigenvalue weighted by atomic mass is 32.1. The van der Waals surface area contributed by atoms with E-state index in [0.717, 1.165) is 12.8 Å². The third kappa shape index (κ3) is 3.59. The van der Waals surface area contributed by atoms with Gasteiger partial charge in [-0.1, -0.05) is 20.3 Å². The molecule has 0 aromatic carbocycles. The van der Waals surface area contributed by atoms with Crippen LogP contribution in [-0.2, 0) is 0 Å². The third-order valence-electron chi connectivity index (χ3n) is 2.80. The molecule has 1 aromatic heterocycles. The summed E-state index contributed by atoms with van der Waals surface area (Å²) in [5, 5.41) is 3.93. The Morgan fingerprint density at radius 3 is 2.71 bits per heavy atom. The zero-order chi connectivity index (χ0) is 13.0. The van der Waals surface area contributed by atoms with Crippen molar-refractivity contribution >= 4 is 28.3 Å². The van der Waals surface area contributed by atoms with E-state index in [-0.39, 0.29) is 11.9 Å². The predicted molar refractivity (Wildman–Crippen MR) is 72.2 cm³/mol. The van der Waals surface area contributed by atoms with E-state index in [0.29, 0.717) is 16.5 Å². The third-order valence-corrected chi connectivity index (χ3v) is 3.59. The first kappa shape index (κ1) is 13.8. The second kappa shape index (κ2) is 5.86. The van der Waals surface area contributed by atoms with Gasteiger partial charge in [0, 0.05) is 6.04 Å². The highest BCUT2D eigenvalue weighted by Gasteiger charge is 2.18. The van der Waals surface area contributed by atoms with E-state index in [1.807, 2.05) is 0 Å². The summed E-state index contributed by atoms with van der Waals surface area (Å²) in [6.45, 7) is 6.44. The Hall–Kier alpha value is -1.30. The van der Waals surface area contributed by atoms with E-state index in [9.17, 15) is 4.79 Å². The van der Waals surface area contributed by atoms with Gasteiger partial charge >= 0.3 is 0 Å². The zero-order valence-electron chi connectivity index (χ0n) is 10.5. The van der Waals surface area contributed by atoms with Gasteiger partial charge in [-0.25, -0.2) is 0 Å². The normalized spacial score (nSPS) is 14.3. The van der Waals surface area contributed by atoms with Gasteiger partial charge < -0.3 is 16.8 Å². The molecule has 2 atom stereocenters. The molecule has 2 unspecified atom stereocenters. The van der Waals surface area contributed by atoms with Crippen LogP contribution >= 0.6 is 11.5 Å². The average Bonchev–Trinajstić information content (AvgIpc) is 2.59. The number of nitrogens with zero attached hydrogens (tertiary/aromatic N) is 1. The van der Waals surface area contributed by atoms with Crippen LogP contribution in [-0.4, -0.2) is 16.3 Å². The fourth-order valence-corrected chi connectivity index (χ4v) is 2.52. The largest absolute Gasteiger partial charge is 0.382 e. The van der Waals surface area contributed by atoms with Crippen LogP contribution in [0.4, 0.5) is 10.8 Å². The fraction of sp³-hybridized carbons (Fsp3) is 0.636. The molecule has 0 radical (unpaired) electrons. The second-order valence-corrected chi connectivity index (χ2v) is 5.20. The standard InChI is InChI=1S/C11H20N4OS/c1-4-6(2)5-7(3)14-11-8(10(13)16)9(12)15-17-11/h6-7,14H,4-5H2,1-3H3,(H2,12,15)(H2,13,16). The SMILES string of the molecule is CCC(C)CC(C)Nc1snc(N)c1C(N)=O. The van der Waals surface area contributed by atoms with E-state index >= 15 is 0 Å². The molecule has 5 N–H and O–H groups in total. The summed E-state index contributed by atoms with van der Waals surface area (Å²) in [5.74, 6) is 0.315. The Balaban J connectivity index is 2.71. The Labute approximate surface area is 106 Å². The molecule has 1 heterocycles. The number of amides is 1. The van der Waals surface area contributed by atoms with Gasteiger partial charge in [0.25, 0.3) is 5.91 Å². The topological polar surface area (TPSA) is 94.0 Å². The molecule has 0 saturated carbocycles. The van der Waals surface area contributed by atoms with Gasteiger partial charge in [0.05, 0.1) is 0 Å². The van der Waals surface area contributed by atoms with Crippen LogP contribution in [0, 0.1) is 5.92 Å². The maximum atomic E-state index is 11.2. The van der Waals surface area contributed by atoms with Crippen molar-refractivity contribution in [3.05, 3.63) is 5.56 Å². The molecule has 1 aromatic rings. The van der Waals surface area contributed by atoms with Crippen molar-refractivity contribution in [2.75, 3.05) is 11.1 Å². The molecule has 6 heteroatoms. The van der Waals surface area contributed by atoms with E-state index in [1.54, 1.807) is 0 Å². The quantitative estimate of drug-likeness (QED) is 0.726. The molecule has 0 aliphatic rings. The number of carbonyl (C=O) groups excluding carboxylic acids is 1. The van der Waals surface area contributed by atoms with E-state index in [2.05, 4.69) is 30.5 Å². The molecule has 0 bridgehead atoms. The summed E-state index contributed by atoms with van der Waals surface area (Å²) in [6.07, 6.45) is 2.17. The molecule has 96 valence electrons. The number of rotatable bonds is 6. The van der Waals surface area contributed by atoms with Crippen molar-refractivity contribution in [2.45, 2.75) is 39.7 Å². The molecule has 0 aliphatic carbocycles. The van der Waals surface area contributed by atoms with Crippen molar-refractivity contribution in [1.29, 1.82) is 0 Å². The Bertz CT molecular complexity index is 391. The van der Waals surface area contributed by atoms with Gasteiger partial charge in [0.15, 0.2) is 5.82 Å². The van der Waals surface area contributed by atoms with Gasteiger partial charge in [-0.05, 0) is 30.8 Å². The van der Waals surface area contributed by atoms with Gasteiger partial charge in [0.2, 0.25) is 0 Å². The van der Waals surface area contributed by atoms with Crippen LogP contribution in [0.25, 0.3) is 0 Å². The second-order valence-electron chi connectivity index (χ2n) is 4.43. The molecule has 1 rings (SSSR count). The number of nitrogens with two attached hydrogens (primary N) is 2. The smallest absolute Gasteiger partial charge is 0.255 e. The molecule has 0 aliphatic heterocycles. The molecular formula is C11H20N4OS. The molecule has 1 amide bonds. The summed E-state index contributed by atoms with van der Waals surface area (Å²) in [7, 11) is 0. The molecular weight excluding hydrogens is 236 g/mol. The highest BCUT2D eigenvalue weighted by molar-refractivity contribution is 7.11. The number of primary amides is 1. The minimum Gasteiger partial charge on any atom is -0.382 e. The minimum absolute atomic E-state index is 0.209. The number of hydrogen-bond donors (Lipinski definition) is 3. The van der Waals surface area contributed by atoms with Crippen molar-refractivity contribution < 1.29 is 4.79 Å². The van der Waals surface area contributed by atoms with Crippen LogP contribution in [0.1, 0.15) is 44.0 Å². The first-order valence-corrected chi connectivity index (χ1v) is 6.54. The molecule has 0 fully saturated rings. The molecule has 0 spiro atoms. The lowest BCUT2D eigenvalue weighted by atomic mass is 10.0. The summed E-state index contributed by atoms with van der Waals surface area (Å²) in [5.41, 5.74) is 11.2. The molecule has 17 heavy (non-hydrogen) atoms. The first-order valence-electron chi connectivity index (χ1n) is 5.77. The lowest BCUT2D eigenvalue weighted by Crippen LogP contribution is -2.21. The fourth-order valence-electron chi connectivity index (χ4n) is 1.69. The monoisotopic (exact) mass is 256 g/mol. The summed E-state index contributed by atoms with van der Waals surface area (Å²) < 4.78 is 3.95. The van der Waals surface area contributed by atoms with Gasteiger partial charge in [-0.15, -0.1) is 0 Å². The van der Waals surface area contributed by atoms with Gasteiger partial charge in [-0.3, -0.25) is 4.79 Å². The number of carbonyl (C=O) groups is 1. The molecule has 0 saturated heterocycles. The number of hydrogen-bond acceptors (Lipinski definition) is 5. The number of nitrogens with one attached hydrogen (secondary N) is 1. The van der Waals surface area contributed by atoms with Crippen molar-refractivity contribution in [1.82, 2.24) is 4.37 Å². The van der Waals surface area contributed by atoms with Crippen LogP contribution in [0.3, 0.4) is 0 Å². The maximum absolute atomic E-state index is 11.2. The number of nitrogen functional groups attached to an aromatic ring is 1. The predicted octanol–water partition coefficient (Wildman–Crippen LogP) is 2.06. The minimum atomic E-state index is -0.533. The Morgan fingerprint density at radius 1 is 1.53 bits per heavy atom. The van der Waals surface area contributed by atoms with Crippen molar-refractivity contribution in [2.24, 2.45) is 11.7 Å². The van der Waals surface area contributed by atoms with Crippen LogP contribution < -0.4 is 16.8 Å². The number of anilines is 2. The Kier molecular flexibility index (Phi) is 4.74. The Morgan fingerprint density at radius 2 is 2.18 bits per heavy atom. The summed E-state index contributed by atoms with van der Waals surface area (Å²) in [6, 6.07) is 0.267. The van der Waals surface area contributed by atoms with E-state index in [1.165, 1.54) is 11.5 Å². The van der Waals surface area contributed by atoms with Crippen LogP contribution in [0.15, 0.2) is 0 Å². The zero-order valence-corrected chi connectivity index (χ0v) is 11.3. The highest BCUT2D eigenvalue weighted by Crippen LogP contribution is 2.27. The van der Waals surface area contributed by atoms with Crippen molar-refractivity contribution in [3.8, 4) is 0 Å². The lowest BCUT2D eigenvalue weighted by molar-refractivity contribution is 0.100. The van der Waals surface area contributed by atoms with E-state index in [4.69, 9.17) is 11.5 Å². The lowest BCUT2D eigenvalue weighted by Gasteiger charge is -2.17. The summed E-state index contributed by atoms with van der Waals surface area (Å²) >= 11 is 1.18. The van der Waals surface area contributed by atoms with Crippen molar-refractivity contribution in [3.63, 3.8) is 0 Å². The van der Waals surface area contributed by atoms with Crippen LogP contribution in [0.5, 0.6) is 0 Å². The maximum Gasteiger partial charge on any atom is 0.255 e. The van der Waals surface area contributed by atoms with Gasteiger partial charge in [0.1, 0.15) is 10.6 Å². The average molecular weight is 256 g/mol. The number of aromatic nitrogens is 1. The first-order chi connectivity index (χ1) is 7.95. The van der Waals surface area contributed by atoms with E-state index < -0.39 is 5.91 Å². The summed E-state index contributed by atoms with van der Waals surface area (Å²) in [4.78, 5) is 11.2. The van der Waals surface area contributed by atoms with Crippen LogP contribution in [0.2, 0.25) is 0 Å². The van der Waals surface area contributed by atoms with Gasteiger partial charge in [-0.2, -0.15) is 4.37 Å². The molecule has 5 nitrogen and oxygen atoms in total.